The topological polar surface area (TPSA) is 62.5 Å². The molecular formula is C15H16BrNO3. The molecule has 20 heavy (non-hydrogen) atoms. The Balaban J connectivity index is 1.83. The molecule has 0 aliphatic rings. The summed E-state index contributed by atoms with van der Waals surface area (Å²) in [6.07, 6.45) is 0.903. The molecule has 2 N–H and O–H groups in total. The molecule has 0 saturated heterocycles. The zero-order valence-corrected chi connectivity index (χ0v) is 12.7. The summed E-state index contributed by atoms with van der Waals surface area (Å²) in [5.74, 6) is -0.438. The second kappa shape index (κ2) is 6.72. The van der Waals surface area contributed by atoms with Crippen molar-refractivity contribution in [2.24, 2.45) is 0 Å². The molecule has 1 atom stereocenters. The van der Waals surface area contributed by atoms with Crippen molar-refractivity contribution in [3.63, 3.8) is 0 Å². The van der Waals surface area contributed by atoms with Crippen LogP contribution in [-0.2, 0) is 13.0 Å². The predicted octanol–water partition coefficient (Wildman–Crippen LogP) is 3.46. The largest absolute Gasteiger partial charge is 0.475 e. The van der Waals surface area contributed by atoms with E-state index in [2.05, 4.69) is 40.3 Å². The number of hydrogen-bond donors (Lipinski definition) is 2. The molecule has 0 spiro atoms. The molecule has 5 heteroatoms. The lowest BCUT2D eigenvalue weighted by Crippen LogP contribution is -2.27. The van der Waals surface area contributed by atoms with Crippen LogP contribution in [-0.4, -0.2) is 17.1 Å². The van der Waals surface area contributed by atoms with Crippen molar-refractivity contribution in [2.75, 3.05) is 0 Å². The van der Waals surface area contributed by atoms with Gasteiger partial charge in [-0.2, -0.15) is 0 Å². The zero-order valence-electron chi connectivity index (χ0n) is 11.1. The minimum absolute atomic E-state index is 0.0256. The molecule has 0 aliphatic heterocycles. The molecule has 0 radical (unpaired) electrons. The van der Waals surface area contributed by atoms with Crippen molar-refractivity contribution in [1.82, 2.24) is 5.32 Å². The van der Waals surface area contributed by atoms with Gasteiger partial charge in [0.2, 0.25) is 5.76 Å². The molecule has 106 valence electrons. The molecule has 2 rings (SSSR count). The van der Waals surface area contributed by atoms with E-state index in [4.69, 9.17) is 9.52 Å². The molecule has 1 heterocycles. The Labute approximate surface area is 125 Å². The third kappa shape index (κ3) is 4.21. The summed E-state index contributed by atoms with van der Waals surface area (Å²) in [6, 6.07) is 11.6. The van der Waals surface area contributed by atoms with Crippen molar-refractivity contribution in [2.45, 2.75) is 25.9 Å². The lowest BCUT2D eigenvalue weighted by Gasteiger charge is -2.12. The highest BCUT2D eigenvalue weighted by Crippen LogP contribution is 2.12. The third-order valence-corrected chi connectivity index (χ3v) is 3.48. The van der Waals surface area contributed by atoms with Crippen LogP contribution < -0.4 is 5.32 Å². The van der Waals surface area contributed by atoms with E-state index in [1.165, 1.54) is 11.6 Å². The van der Waals surface area contributed by atoms with E-state index in [1.807, 2.05) is 12.1 Å². The Hall–Kier alpha value is -1.59. The highest BCUT2D eigenvalue weighted by molar-refractivity contribution is 9.10. The van der Waals surface area contributed by atoms with Crippen LogP contribution in [0.25, 0.3) is 0 Å². The molecule has 4 nitrogen and oxygen atoms in total. The fraction of sp³-hybridized carbons (Fsp3) is 0.267. The number of furan rings is 1. The standard InChI is InChI=1S/C15H16BrNO3/c1-10(8-11-2-4-12(16)5-3-11)17-9-13-6-7-14(20-13)15(18)19/h2-7,10,17H,8-9H2,1H3,(H,18,19). The van der Waals surface area contributed by atoms with Gasteiger partial charge in [0.05, 0.1) is 6.54 Å². The Morgan fingerprint density at radius 3 is 2.60 bits per heavy atom. The monoisotopic (exact) mass is 337 g/mol. The maximum atomic E-state index is 10.7. The Morgan fingerprint density at radius 2 is 2.00 bits per heavy atom. The number of carboxylic acids is 1. The first-order chi connectivity index (χ1) is 9.54. The van der Waals surface area contributed by atoms with Crippen molar-refractivity contribution in [3.8, 4) is 0 Å². The van der Waals surface area contributed by atoms with Crippen LogP contribution in [0.4, 0.5) is 0 Å². The van der Waals surface area contributed by atoms with E-state index in [0.717, 1.165) is 10.9 Å². The Bertz CT molecular complexity index is 577. The summed E-state index contributed by atoms with van der Waals surface area (Å²) in [5, 5.41) is 12.1. The number of benzene rings is 1. The molecule has 1 aromatic heterocycles. The van der Waals surface area contributed by atoms with Crippen LogP contribution >= 0.6 is 15.9 Å². The molecule has 1 unspecified atom stereocenters. The van der Waals surface area contributed by atoms with E-state index in [-0.39, 0.29) is 11.8 Å². The van der Waals surface area contributed by atoms with E-state index in [0.29, 0.717) is 12.3 Å². The van der Waals surface area contributed by atoms with Gasteiger partial charge in [-0.15, -0.1) is 0 Å². The molecule has 0 saturated carbocycles. The first kappa shape index (κ1) is 14.8. The first-order valence-corrected chi connectivity index (χ1v) is 7.13. The number of carbonyl (C=O) groups is 1. The summed E-state index contributed by atoms with van der Waals surface area (Å²) >= 11 is 3.41. The second-order valence-electron chi connectivity index (χ2n) is 4.68. The number of halogens is 1. The quantitative estimate of drug-likeness (QED) is 0.847. The van der Waals surface area contributed by atoms with Crippen LogP contribution in [0, 0.1) is 0 Å². The third-order valence-electron chi connectivity index (χ3n) is 2.95. The lowest BCUT2D eigenvalue weighted by atomic mass is 10.1. The average molecular weight is 338 g/mol. The summed E-state index contributed by atoms with van der Waals surface area (Å²) in [7, 11) is 0. The number of rotatable bonds is 6. The first-order valence-electron chi connectivity index (χ1n) is 6.34. The minimum Gasteiger partial charge on any atom is -0.475 e. The molecule has 0 bridgehead atoms. The van der Waals surface area contributed by atoms with Crippen LogP contribution in [0.3, 0.4) is 0 Å². The van der Waals surface area contributed by atoms with E-state index in [1.54, 1.807) is 6.07 Å². The molecule has 1 aromatic carbocycles. The van der Waals surface area contributed by atoms with E-state index in [9.17, 15) is 4.79 Å². The normalized spacial score (nSPS) is 12.3. The van der Waals surface area contributed by atoms with Gasteiger partial charge in [0, 0.05) is 10.5 Å². The molecule has 0 amide bonds. The minimum atomic E-state index is -1.04. The molecule has 0 aliphatic carbocycles. The van der Waals surface area contributed by atoms with E-state index < -0.39 is 5.97 Å². The van der Waals surface area contributed by atoms with Gasteiger partial charge in [0.1, 0.15) is 5.76 Å². The number of nitrogens with one attached hydrogen (secondary N) is 1. The van der Waals surface area contributed by atoms with Crippen LogP contribution in [0.15, 0.2) is 45.3 Å². The average Bonchev–Trinajstić information content (AvgIpc) is 2.88. The van der Waals surface area contributed by atoms with Crippen molar-refractivity contribution in [3.05, 3.63) is 58.0 Å². The lowest BCUT2D eigenvalue weighted by molar-refractivity contribution is 0.0660. The van der Waals surface area contributed by atoms with Gasteiger partial charge in [-0.25, -0.2) is 4.79 Å². The second-order valence-corrected chi connectivity index (χ2v) is 5.60. The molecule has 0 fully saturated rings. The van der Waals surface area contributed by atoms with Gasteiger partial charge in [0.15, 0.2) is 0 Å². The summed E-state index contributed by atoms with van der Waals surface area (Å²) < 4.78 is 6.26. The summed E-state index contributed by atoms with van der Waals surface area (Å²) in [4.78, 5) is 10.7. The zero-order chi connectivity index (χ0) is 14.5. The Morgan fingerprint density at radius 1 is 1.30 bits per heavy atom. The van der Waals surface area contributed by atoms with Crippen molar-refractivity contribution >= 4 is 21.9 Å². The number of aromatic carboxylic acids is 1. The predicted molar refractivity (Wildman–Crippen MR) is 79.8 cm³/mol. The molecule has 2 aromatic rings. The SMILES string of the molecule is CC(Cc1ccc(Br)cc1)NCc1ccc(C(=O)O)o1. The smallest absolute Gasteiger partial charge is 0.371 e. The summed E-state index contributed by atoms with van der Waals surface area (Å²) in [5.41, 5.74) is 1.25. The number of carboxylic acid groups (broad SMARTS) is 1. The van der Waals surface area contributed by atoms with Gasteiger partial charge in [-0.3, -0.25) is 0 Å². The molecular weight excluding hydrogens is 322 g/mol. The van der Waals surface area contributed by atoms with E-state index >= 15 is 0 Å². The van der Waals surface area contributed by atoms with Gasteiger partial charge in [-0.1, -0.05) is 28.1 Å². The maximum Gasteiger partial charge on any atom is 0.371 e. The Kier molecular flexibility index (Phi) is 4.98. The van der Waals surface area contributed by atoms with Crippen LogP contribution in [0.5, 0.6) is 0 Å². The highest BCUT2D eigenvalue weighted by atomic mass is 79.9. The van der Waals surface area contributed by atoms with Crippen molar-refractivity contribution in [1.29, 1.82) is 0 Å². The fourth-order valence-corrected chi connectivity index (χ4v) is 2.17. The van der Waals surface area contributed by atoms with Crippen LogP contribution in [0.1, 0.15) is 28.8 Å². The van der Waals surface area contributed by atoms with Gasteiger partial charge >= 0.3 is 5.97 Å². The van der Waals surface area contributed by atoms with Gasteiger partial charge < -0.3 is 14.8 Å². The van der Waals surface area contributed by atoms with Gasteiger partial charge in [0.25, 0.3) is 0 Å². The number of hydrogen-bond acceptors (Lipinski definition) is 3. The van der Waals surface area contributed by atoms with Crippen LogP contribution in [0.2, 0.25) is 0 Å². The van der Waals surface area contributed by atoms with Crippen molar-refractivity contribution < 1.29 is 14.3 Å². The fourth-order valence-electron chi connectivity index (χ4n) is 1.91. The maximum absolute atomic E-state index is 10.7. The highest BCUT2D eigenvalue weighted by Gasteiger charge is 2.10. The van der Waals surface area contributed by atoms with Gasteiger partial charge in [-0.05, 0) is 43.2 Å². The summed E-state index contributed by atoms with van der Waals surface area (Å²) in [6.45, 7) is 2.61.